The van der Waals surface area contributed by atoms with Crippen LogP contribution in [0.15, 0.2) is 53.5 Å². The van der Waals surface area contributed by atoms with Gasteiger partial charge in [0.05, 0.1) is 24.2 Å². The predicted octanol–water partition coefficient (Wildman–Crippen LogP) is 3.54. The van der Waals surface area contributed by atoms with Crippen LogP contribution >= 0.6 is 0 Å². The number of benzene rings is 2. The fraction of sp³-hybridized carbons (Fsp3) is 0.250. The van der Waals surface area contributed by atoms with Crippen LogP contribution in [0.3, 0.4) is 0 Å². The Hall–Kier alpha value is -3.94. The summed E-state index contributed by atoms with van der Waals surface area (Å²) in [6, 6.07) is 13.0. The van der Waals surface area contributed by atoms with Gasteiger partial charge in [0, 0.05) is 11.1 Å². The van der Waals surface area contributed by atoms with Crippen LogP contribution in [0.25, 0.3) is 16.6 Å². The van der Waals surface area contributed by atoms with Crippen LogP contribution in [0.1, 0.15) is 23.7 Å². The molecule has 0 aliphatic heterocycles. The van der Waals surface area contributed by atoms with E-state index in [1.807, 2.05) is 39.0 Å². The lowest BCUT2D eigenvalue weighted by atomic mass is 10.1. The molecule has 4 aromatic rings. The Labute approximate surface area is 185 Å². The van der Waals surface area contributed by atoms with Crippen LogP contribution in [0.2, 0.25) is 0 Å². The first-order chi connectivity index (χ1) is 15.4. The normalized spacial score (nSPS) is 11.0. The van der Waals surface area contributed by atoms with Gasteiger partial charge in [0.1, 0.15) is 17.8 Å². The van der Waals surface area contributed by atoms with Gasteiger partial charge in [0.25, 0.3) is 5.56 Å². The average molecular weight is 431 g/mol. The molecule has 0 atom stereocenters. The van der Waals surface area contributed by atoms with Crippen molar-refractivity contribution in [2.24, 2.45) is 0 Å². The molecule has 0 fully saturated rings. The zero-order chi connectivity index (χ0) is 22.8. The molecule has 2 aromatic heterocycles. The molecule has 1 N–H and O–H groups in total. The molecule has 164 valence electrons. The summed E-state index contributed by atoms with van der Waals surface area (Å²) in [6.07, 6.45) is 1.64. The van der Waals surface area contributed by atoms with Crippen LogP contribution in [-0.2, 0) is 11.3 Å². The maximum Gasteiger partial charge on any atom is 0.293 e. The third-order valence-electron chi connectivity index (χ3n) is 5.34. The lowest BCUT2D eigenvalue weighted by Crippen LogP contribution is -2.31. The first-order valence-electron chi connectivity index (χ1n) is 10.4. The summed E-state index contributed by atoms with van der Waals surface area (Å²) in [5.74, 6) is 0.379. The number of nitrogens with one attached hydrogen (secondary N) is 1. The molecule has 0 saturated heterocycles. The maximum absolute atomic E-state index is 13.2. The molecule has 0 aliphatic rings. The van der Waals surface area contributed by atoms with Gasteiger partial charge >= 0.3 is 0 Å². The van der Waals surface area contributed by atoms with Crippen molar-refractivity contribution in [3.8, 4) is 11.4 Å². The Morgan fingerprint density at radius 3 is 2.50 bits per heavy atom. The number of carbonyl (C=O) groups is 1. The minimum atomic E-state index is -0.372. The standard InChI is InChI=1S/C24H25N5O3/c1-5-32-20-10-7-18(8-11-20)26-22(30)14-28-24(31)23-21(17(4)27-28)13-25-29(23)19-9-6-15(2)16(3)12-19/h6-13H,5,14H2,1-4H3,(H,26,30). The molecule has 0 saturated carbocycles. The summed E-state index contributed by atoms with van der Waals surface area (Å²) in [5.41, 5.74) is 4.32. The van der Waals surface area contributed by atoms with Crippen LogP contribution in [0, 0.1) is 20.8 Å². The van der Waals surface area contributed by atoms with Gasteiger partial charge in [-0.25, -0.2) is 9.36 Å². The maximum atomic E-state index is 13.2. The molecular formula is C24H25N5O3. The Morgan fingerprint density at radius 1 is 1.06 bits per heavy atom. The predicted molar refractivity (Wildman–Crippen MR) is 124 cm³/mol. The van der Waals surface area contributed by atoms with E-state index in [4.69, 9.17) is 4.74 Å². The third-order valence-corrected chi connectivity index (χ3v) is 5.34. The van der Waals surface area contributed by atoms with E-state index in [2.05, 4.69) is 15.5 Å². The van der Waals surface area contributed by atoms with E-state index in [0.717, 1.165) is 22.6 Å². The highest BCUT2D eigenvalue weighted by molar-refractivity contribution is 5.90. The average Bonchev–Trinajstić information content (AvgIpc) is 3.21. The van der Waals surface area contributed by atoms with Gasteiger partial charge in [0.15, 0.2) is 0 Å². The van der Waals surface area contributed by atoms with E-state index >= 15 is 0 Å². The van der Waals surface area contributed by atoms with Gasteiger partial charge in [-0.05, 0) is 75.2 Å². The minimum absolute atomic E-state index is 0.207. The van der Waals surface area contributed by atoms with Gasteiger partial charge in [-0.3, -0.25) is 9.59 Å². The zero-order valence-electron chi connectivity index (χ0n) is 18.5. The van der Waals surface area contributed by atoms with Crippen molar-refractivity contribution in [1.29, 1.82) is 0 Å². The molecule has 0 bridgehead atoms. The number of nitrogens with zero attached hydrogens (tertiary/aromatic N) is 4. The van der Waals surface area contributed by atoms with Crippen LogP contribution in [0.4, 0.5) is 5.69 Å². The third kappa shape index (κ3) is 4.12. The highest BCUT2D eigenvalue weighted by atomic mass is 16.5. The molecule has 0 aliphatic carbocycles. The molecular weight excluding hydrogens is 406 g/mol. The number of carbonyl (C=O) groups excluding carboxylic acids is 1. The fourth-order valence-electron chi connectivity index (χ4n) is 3.52. The zero-order valence-corrected chi connectivity index (χ0v) is 18.5. The number of aryl methyl sites for hydroxylation is 3. The van der Waals surface area contributed by atoms with E-state index in [1.165, 1.54) is 4.68 Å². The highest BCUT2D eigenvalue weighted by Crippen LogP contribution is 2.20. The molecule has 2 heterocycles. The van der Waals surface area contributed by atoms with Gasteiger partial charge < -0.3 is 10.1 Å². The van der Waals surface area contributed by atoms with Gasteiger partial charge in [-0.2, -0.15) is 10.2 Å². The highest BCUT2D eigenvalue weighted by Gasteiger charge is 2.17. The van der Waals surface area contributed by atoms with Gasteiger partial charge in [0.2, 0.25) is 5.91 Å². The van der Waals surface area contributed by atoms with Crippen LogP contribution in [0.5, 0.6) is 5.75 Å². The van der Waals surface area contributed by atoms with Crippen molar-refractivity contribution in [2.75, 3.05) is 11.9 Å². The second kappa shape index (κ2) is 8.66. The van der Waals surface area contributed by atoms with E-state index in [1.54, 1.807) is 42.1 Å². The molecule has 4 rings (SSSR count). The summed E-state index contributed by atoms with van der Waals surface area (Å²) >= 11 is 0. The molecule has 0 unspecified atom stereocenters. The lowest BCUT2D eigenvalue weighted by Gasteiger charge is -2.10. The molecule has 2 aromatic carbocycles. The number of rotatable bonds is 6. The van der Waals surface area contributed by atoms with Crippen molar-refractivity contribution in [2.45, 2.75) is 34.2 Å². The first kappa shape index (κ1) is 21.3. The largest absolute Gasteiger partial charge is 0.494 e. The molecule has 8 nitrogen and oxygen atoms in total. The first-order valence-corrected chi connectivity index (χ1v) is 10.4. The van der Waals surface area contributed by atoms with Gasteiger partial charge in [-0.1, -0.05) is 6.07 Å². The summed E-state index contributed by atoms with van der Waals surface area (Å²) in [5, 5.41) is 12.2. The Kier molecular flexibility index (Phi) is 5.77. The second-order valence-electron chi connectivity index (χ2n) is 7.64. The van der Waals surface area contributed by atoms with Crippen molar-refractivity contribution in [1.82, 2.24) is 19.6 Å². The number of anilines is 1. The Balaban J connectivity index is 1.64. The second-order valence-corrected chi connectivity index (χ2v) is 7.64. The van der Waals surface area contributed by atoms with Crippen molar-refractivity contribution in [3.63, 3.8) is 0 Å². The fourth-order valence-corrected chi connectivity index (χ4v) is 3.52. The smallest absolute Gasteiger partial charge is 0.293 e. The molecule has 0 spiro atoms. The van der Waals surface area contributed by atoms with E-state index in [9.17, 15) is 9.59 Å². The lowest BCUT2D eigenvalue weighted by molar-refractivity contribution is -0.117. The Morgan fingerprint density at radius 2 is 1.81 bits per heavy atom. The molecule has 0 radical (unpaired) electrons. The number of hydrogen-bond acceptors (Lipinski definition) is 5. The van der Waals surface area contributed by atoms with Crippen molar-refractivity contribution >= 4 is 22.5 Å². The summed E-state index contributed by atoms with van der Waals surface area (Å²) in [4.78, 5) is 25.8. The van der Waals surface area contributed by atoms with E-state index in [0.29, 0.717) is 28.9 Å². The van der Waals surface area contributed by atoms with Gasteiger partial charge in [-0.15, -0.1) is 0 Å². The molecule has 32 heavy (non-hydrogen) atoms. The number of aromatic nitrogens is 4. The minimum Gasteiger partial charge on any atom is -0.494 e. The SMILES string of the molecule is CCOc1ccc(NC(=O)Cn2nc(C)c3cnn(-c4ccc(C)c(C)c4)c3c2=O)cc1. The summed E-state index contributed by atoms with van der Waals surface area (Å²) < 4.78 is 8.20. The van der Waals surface area contributed by atoms with Crippen molar-refractivity contribution in [3.05, 3.63) is 75.8 Å². The monoisotopic (exact) mass is 431 g/mol. The number of fused-ring (bicyclic) bond motifs is 1. The number of amides is 1. The summed E-state index contributed by atoms with van der Waals surface area (Å²) in [6.45, 7) is 8.12. The topological polar surface area (TPSA) is 91.0 Å². The van der Waals surface area contributed by atoms with Crippen molar-refractivity contribution < 1.29 is 9.53 Å². The quantitative estimate of drug-likeness (QED) is 0.504. The summed E-state index contributed by atoms with van der Waals surface area (Å²) in [7, 11) is 0. The van der Waals surface area contributed by atoms with Crippen LogP contribution < -0.4 is 15.6 Å². The molecule has 1 amide bonds. The van der Waals surface area contributed by atoms with E-state index < -0.39 is 0 Å². The molecule has 8 heteroatoms. The van der Waals surface area contributed by atoms with E-state index in [-0.39, 0.29) is 18.0 Å². The Bertz CT molecular complexity index is 1350. The number of hydrogen-bond donors (Lipinski definition) is 1. The van der Waals surface area contributed by atoms with Crippen LogP contribution in [-0.4, -0.2) is 32.1 Å². The number of ether oxygens (including phenoxy) is 1.